The van der Waals surface area contributed by atoms with Crippen LogP contribution in [0.5, 0.6) is 5.75 Å². The zero-order valence-corrected chi connectivity index (χ0v) is 12.2. The second-order valence-corrected chi connectivity index (χ2v) is 4.48. The van der Waals surface area contributed by atoms with Crippen LogP contribution in [-0.4, -0.2) is 25.5 Å². The molecule has 0 aromatic heterocycles. The number of carbonyl (C=O) groups excluding carboxylic acids is 2. The molecule has 2 rings (SSSR count). The molecule has 0 amide bonds. The highest BCUT2D eigenvalue weighted by atomic mass is 16.5. The summed E-state index contributed by atoms with van der Waals surface area (Å²) >= 11 is 0. The lowest BCUT2D eigenvalue weighted by atomic mass is 10.1. The predicted octanol–water partition coefficient (Wildman–Crippen LogP) is 3.13. The van der Waals surface area contributed by atoms with Gasteiger partial charge in [-0.2, -0.15) is 0 Å². The molecule has 0 bridgehead atoms. The number of ether oxygens (including phenoxy) is 2. The van der Waals surface area contributed by atoms with E-state index in [9.17, 15) is 9.59 Å². The molecule has 0 N–H and O–H groups in total. The summed E-state index contributed by atoms with van der Waals surface area (Å²) in [5.74, 6) is -0.408. The molecule has 0 aliphatic carbocycles. The van der Waals surface area contributed by atoms with Crippen LogP contribution in [0.15, 0.2) is 60.7 Å². The highest BCUT2D eigenvalue weighted by Gasteiger charge is 2.12. The molecular formula is C18H16O4. The number of hydrogen-bond acceptors (Lipinski definition) is 4. The minimum Gasteiger partial charge on any atom is -0.496 e. The number of para-hydroxylation sites is 1. The average molecular weight is 296 g/mol. The smallest absolute Gasteiger partial charge is 0.331 e. The minimum atomic E-state index is -0.563. The van der Waals surface area contributed by atoms with E-state index in [1.54, 1.807) is 30.3 Å². The summed E-state index contributed by atoms with van der Waals surface area (Å²) in [5.41, 5.74) is 1.28. The summed E-state index contributed by atoms with van der Waals surface area (Å²) < 4.78 is 10.1. The van der Waals surface area contributed by atoms with Crippen molar-refractivity contribution in [1.29, 1.82) is 0 Å². The van der Waals surface area contributed by atoms with Crippen LogP contribution in [0, 0.1) is 0 Å². The van der Waals surface area contributed by atoms with Gasteiger partial charge in [0.05, 0.1) is 12.7 Å². The maximum atomic E-state index is 12.0. The van der Waals surface area contributed by atoms with Gasteiger partial charge in [0, 0.05) is 6.08 Å². The number of ketones is 1. The molecule has 0 heterocycles. The molecule has 22 heavy (non-hydrogen) atoms. The molecule has 0 fully saturated rings. The van der Waals surface area contributed by atoms with Gasteiger partial charge in [0.1, 0.15) is 5.75 Å². The van der Waals surface area contributed by atoms with Gasteiger partial charge < -0.3 is 9.47 Å². The van der Waals surface area contributed by atoms with Crippen molar-refractivity contribution in [3.05, 3.63) is 71.8 Å². The third kappa shape index (κ3) is 4.31. The normalized spacial score (nSPS) is 10.4. The van der Waals surface area contributed by atoms with Crippen LogP contribution >= 0.6 is 0 Å². The van der Waals surface area contributed by atoms with Crippen LogP contribution in [0.3, 0.4) is 0 Å². The topological polar surface area (TPSA) is 52.6 Å². The van der Waals surface area contributed by atoms with E-state index in [1.165, 1.54) is 13.2 Å². The van der Waals surface area contributed by atoms with E-state index in [-0.39, 0.29) is 12.4 Å². The zero-order valence-electron chi connectivity index (χ0n) is 12.2. The number of Topliss-reactive ketones (excluding diaryl/α,β-unsaturated/α-hetero) is 1. The van der Waals surface area contributed by atoms with E-state index in [1.807, 2.05) is 30.3 Å². The summed E-state index contributed by atoms with van der Waals surface area (Å²) in [7, 11) is 1.49. The Hall–Kier alpha value is -2.88. The fourth-order valence-corrected chi connectivity index (χ4v) is 1.87. The first-order chi connectivity index (χ1) is 10.7. The molecule has 0 saturated carbocycles. The molecule has 0 unspecified atom stereocenters. The van der Waals surface area contributed by atoms with Gasteiger partial charge in [0.2, 0.25) is 5.78 Å². The van der Waals surface area contributed by atoms with Crippen molar-refractivity contribution in [3.63, 3.8) is 0 Å². The van der Waals surface area contributed by atoms with Crippen LogP contribution in [-0.2, 0) is 9.53 Å². The van der Waals surface area contributed by atoms with E-state index in [2.05, 4.69) is 0 Å². The second-order valence-electron chi connectivity index (χ2n) is 4.48. The lowest BCUT2D eigenvalue weighted by Crippen LogP contribution is -2.13. The van der Waals surface area contributed by atoms with Crippen LogP contribution < -0.4 is 4.74 Å². The molecule has 0 saturated heterocycles. The van der Waals surface area contributed by atoms with Crippen molar-refractivity contribution in [3.8, 4) is 5.75 Å². The van der Waals surface area contributed by atoms with E-state index in [0.29, 0.717) is 11.3 Å². The molecule has 0 aliphatic heterocycles. The van der Waals surface area contributed by atoms with Gasteiger partial charge in [0.15, 0.2) is 6.61 Å². The van der Waals surface area contributed by atoms with Crippen molar-refractivity contribution >= 4 is 17.8 Å². The molecule has 0 spiro atoms. The Morgan fingerprint density at radius 3 is 2.41 bits per heavy atom. The molecule has 0 radical (unpaired) electrons. The maximum Gasteiger partial charge on any atom is 0.331 e. The fraction of sp³-hybridized carbons (Fsp3) is 0.111. The standard InChI is InChI=1S/C18H16O4/c1-21-17-10-6-5-9-15(17)16(19)13-22-18(20)12-11-14-7-3-2-4-8-14/h2-12H,13H2,1H3. The van der Waals surface area contributed by atoms with Gasteiger partial charge in [-0.3, -0.25) is 4.79 Å². The first-order valence-corrected chi connectivity index (χ1v) is 6.77. The summed E-state index contributed by atoms with van der Waals surface area (Å²) in [6.45, 7) is -0.321. The van der Waals surface area contributed by atoms with Crippen molar-refractivity contribution in [2.75, 3.05) is 13.7 Å². The summed E-state index contributed by atoms with van der Waals surface area (Å²) in [6, 6.07) is 16.2. The fourth-order valence-electron chi connectivity index (χ4n) is 1.87. The highest BCUT2D eigenvalue weighted by molar-refractivity contribution is 6.01. The van der Waals surface area contributed by atoms with Gasteiger partial charge in [0.25, 0.3) is 0 Å². The summed E-state index contributed by atoms with van der Waals surface area (Å²) in [5, 5.41) is 0. The molecule has 2 aromatic rings. The molecule has 112 valence electrons. The van der Waals surface area contributed by atoms with Crippen LogP contribution in [0.4, 0.5) is 0 Å². The molecule has 0 atom stereocenters. The number of benzene rings is 2. The van der Waals surface area contributed by atoms with E-state index < -0.39 is 5.97 Å². The second kappa shape index (κ2) is 7.78. The quantitative estimate of drug-likeness (QED) is 0.467. The van der Waals surface area contributed by atoms with E-state index in [0.717, 1.165) is 5.56 Å². The van der Waals surface area contributed by atoms with Gasteiger partial charge >= 0.3 is 5.97 Å². The number of hydrogen-bond donors (Lipinski definition) is 0. The Labute approximate surface area is 129 Å². The van der Waals surface area contributed by atoms with Crippen molar-refractivity contribution < 1.29 is 19.1 Å². The SMILES string of the molecule is COc1ccccc1C(=O)COC(=O)C=Cc1ccccc1. The van der Waals surface area contributed by atoms with Crippen molar-refractivity contribution in [2.45, 2.75) is 0 Å². The number of methoxy groups -OCH3 is 1. The summed E-state index contributed by atoms with van der Waals surface area (Å²) in [6.07, 6.45) is 2.93. The molecule has 2 aromatic carbocycles. The zero-order chi connectivity index (χ0) is 15.8. The molecular weight excluding hydrogens is 280 g/mol. The van der Waals surface area contributed by atoms with Gasteiger partial charge in [-0.15, -0.1) is 0 Å². The van der Waals surface area contributed by atoms with Crippen LogP contribution in [0.25, 0.3) is 6.08 Å². The predicted molar refractivity (Wildman–Crippen MR) is 83.8 cm³/mol. The third-order valence-corrected chi connectivity index (χ3v) is 2.96. The molecule has 4 nitrogen and oxygen atoms in total. The van der Waals surface area contributed by atoms with Gasteiger partial charge in [-0.25, -0.2) is 4.79 Å². The van der Waals surface area contributed by atoms with Crippen LogP contribution in [0.2, 0.25) is 0 Å². The van der Waals surface area contributed by atoms with Gasteiger partial charge in [-0.1, -0.05) is 42.5 Å². The number of esters is 1. The Morgan fingerprint density at radius 1 is 1.00 bits per heavy atom. The average Bonchev–Trinajstić information content (AvgIpc) is 2.58. The lowest BCUT2D eigenvalue weighted by molar-refractivity contribution is -0.136. The lowest BCUT2D eigenvalue weighted by Gasteiger charge is -2.07. The van der Waals surface area contributed by atoms with E-state index >= 15 is 0 Å². The van der Waals surface area contributed by atoms with Gasteiger partial charge in [-0.05, 0) is 23.8 Å². The van der Waals surface area contributed by atoms with Crippen molar-refractivity contribution in [1.82, 2.24) is 0 Å². The largest absolute Gasteiger partial charge is 0.496 e. The molecule has 4 heteroatoms. The number of rotatable bonds is 6. The minimum absolute atomic E-state index is 0.307. The monoisotopic (exact) mass is 296 g/mol. The van der Waals surface area contributed by atoms with Crippen LogP contribution in [0.1, 0.15) is 15.9 Å². The summed E-state index contributed by atoms with van der Waals surface area (Å²) in [4.78, 5) is 23.6. The third-order valence-electron chi connectivity index (χ3n) is 2.96. The molecule has 0 aliphatic rings. The van der Waals surface area contributed by atoms with Crippen molar-refractivity contribution in [2.24, 2.45) is 0 Å². The first kappa shape index (κ1) is 15.5. The Balaban J connectivity index is 1.91. The first-order valence-electron chi connectivity index (χ1n) is 6.77. The Kier molecular flexibility index (Phi) is 5.49. The maximum absolute atomic E-state index is 12.0. The Morgan fingerprint density at radius 2 is 1.68 bits per heavy atom. The Bertz CT molecular complexity index is 674. The number of carbonyl (C=O) groups is 2. The van der Waals surface area contributed by atoms with E-state index in [4.69, 9.17) is 9.47 Å². The highest BCUT2D eigenvalue weighted by Crippen LogP contribution is 2.17.